The number of hydrogen-bond acceptors (Lipinski definition) is 3. The first kappa shape index (κ1) is 17.5. The van der Waals surface area contributed by atoms with E-state index in [4.69, 9.17) is 5.11 Å². The van der Waals surface area contributed by atoms with Gasteiger partial charge in [-0.15, -0.1) is 0 Å². The summed E-state index contributed by atoms with van der Waals surface area (Å²) in [4.78, 5) is 22.9. The number of hydrogen-bond donors (Lipinski definition) is 3. The number of amides is 1. The predicted octanol–water partition coefficient (Wildman–Crippen LogP) is 2.93. The first-order valence-corrected chi connectivity index (χ1v) is 6.87. The number of carboxylic acids is 1. The second-order valence-corrected chi connectivity index (χ2v) is 5.19. The lowest BCUT2D eigenvalue weighted by molar-refractivity contribution is -0.141. The molecule has 2 aromatic rings. The number of nitrogens with zero attached hydrogens (tertiary/aromatic N) is 1. The fourth-order valence-electron chi connectivity index (χ4n) is 2.16. The third-order valence-electron chi connectivity index (χ3n) is 3.51. The quantitative estimate of drug-likeness (QED) is 0.797. The van der Waals surface area contributed by atoms with Crippen LogP contribution in [0.1, 0.15) is 50.6 Å². The number of aromatic nitrogens is 2. The van der Waals surface area contributed by atoms with Crippen molar-refractivity contribution in [2.45, 2.75) is 26.1 Å². The van der Waals surface area contributed by atoms with Crippen LogP contribution < -0.4 is 5.32 Å². The van der Waals surface area contributed by atoms with Crippen molar-refractivity contribution in [2.75, 3.05) is 0 Å². The van der Waals surface area contributed by atoms with E-state index in [-0.39, 0.29) is 16.8 Å². The van der Waals surface area contributed by atoms with E-state index in [2.05, 4.69) is 10.4 Å². The van der Waals surface area contributed by atoms with Crippen LogP contribution in [-0.4, -0.2) is 27.2 Å². The highest BCUT2D eigenvalue weighted by molar-refractivity contribution is 5.94. The minimum absolute atomic E-state index is 0.0928. The van der Waals surface area contributed by atoms with Crippen LogP contribution in [0.2, 0.25) is 0 Å². The van der Waals surface area contributed by atoms with Gasteiger partial charge in [0.05, 0.1) is 11.6 Å². The van der Waals surface area contributed by atoms with E-state index >= 15 is 0 Å². The van der Waals surface area contributed by atoms with Crippen LogP contribution in [0.4, 0.5) is 13.2 Å². The van der Waals surface area contributed by atoms with Gasteiger partial charge in [0.2, 0.25) is 0 Å². The molecule has 0 fully saturated rings. The summed E-state index contributed by atoms with van der Waals surface area (Å²) < 4.78 is 38.1. The third-order valence-corrected chi connectivity index (χ3v) is 3.51. The van der Waals surface area contributed by atoms with Gasteiger partial charge in [-0.1, -0.05) is 12.1 Å². The first-order valence-electron chi connectivity index (χ1n) is 6.87. The Morgan fingerprint density at radius 2 is 1.83 bits per heavy atom. The van der Waals surface area contributed by atoms with Crippen LogP contribution in [0.25, 0.3) is 0 Å². The normalized spacial score (nSPS) is 12.7. The molecule has 0 radical (unpaired) electrons. The van der Waals surface area contributed by atoms with Gasteiger partial charge in [-0.05, 0) is 31.5 Å². The fraction of sp³-hybridized carbons (Fsp3) is 0.267. The lowest BCUT2D eigenvalue weighted by Gasteiger charge is -2.14. The van der Waals surface area contributed by atoms with Gasteiger partial charge in [0.15, 0.2) is 5.69 Å². The van der Waals surface area contributed by atoms with E-state index in [0.29, 0.717) is 5.56 Å². The molecule has 0 saturated heterocycles. The van der Waals surface area contributed by atoms with Crippen LogP contribution in [0, 0.1) is 6.92 Å². The summed E-state index contributed by atoms with van der Waals surface area (Å²) in [6, 6.07) is 5.26. The molecule has 6 nitrogen and oxygen atoms in total. The van der Waals surface area contributed by atoms with Gasteiger partial charge < -0.3 is 10.4 Å². The van der Waals surface area contributed by atoms with Crippen molar-refractivity contribution in [1.29, 1.82) is 0 Å². The predicted molar refractivity (Wildman–Crippen MR) is 77.6 cm³/mol. The molecule has 0 aliphatic heterocycles. The number of aromatic amines is 1. The van der Waals surface area contributed by atoms with Gasteiger partial charge in [-0.25, -0.2) is 4.79 Å². The lowest BCUT2D eigenvalue weighted by Crippen LogP contribution is -2.27. The second-order valence-electron chi connectivity index (χ2n) is 5.19. The molecule has 1 amide bonds. The Morgan fingerprint density at radius 3 is 2.29 bits per heavy atom. The molecular weight excluding hydrogens is 327 g/mol. The summed E-state index contributed by atoms with van der Waals surface area (Å²) in [5.41, 5.74) is -0.983. The molecule has 1 aromatic carbocycles. The standard InChI is InChI=1S/C15H14F3N3O3/c1-7-11(20-21-12(7)15(16,17)18)13(22)19-8(2)9-3-5-10(6-4-9)14(23)24/h3-6,8H,1-2H3,(H,19,22)(H,20,21)(H,23,24)/t8-/m1/s1. The molecule has 0 saturated carbocycles. The van der Waals surface area contributed by atoms with Gasteiger partial charge in [0.25, 0.3) is 5.91 Å². The van der Waals surface area contributed by atoms with Crippen molar-refractivity contribution in [3.63, 3.8) is 0 Å². The maximum absolute atomic E-state index is 12.7. The van der Waals surface area contributed by atoms with E-state index < -0.39 is 29.8 Å². The number of H-pyrrole nitrogens is 1. The number of benzene rings is 1. The zero-order valence-corrected chi connectivity index (χ0v) is 12.7. The Bertz CT molecular complexity index is 767. The summed E-state index contributed by atoms with van der Waals surface area (Å²) >= 11 is 0. The van der Waals surface area contributed by atoms with Gasteiger partial charge in [0.1, 0.15) is 5.69 Å². The molecule has 1 aromatic heterocycles. The van der Waals surface area contributed by atoms with E-state index in [9.17, 15) is 22.8 Å². The third kappa shape index (κ3) is 3.55. The molecule has 1 atom stereocenters. The average Bonchev–Trinajstić information content (AvgIpc) is 2.89. The number of carbonyl (C=O) groups excluding carboxylic acids is 1. The smallest absolute Gasteiger partial charge is 0.433 e. The number of nitrogens with one attached hydrogen (secondary N) is 2. The van der Waals surface area contributed by atoms with E-state index in [0.717, 1.165) is 6.92 Å². The van der Waals surface area contributed by atoms with Crippen LogP contribution >= 0.6 is 0 Å². The average molecular weight is 341 g/mol. The number of carboxylic acid groups (broad SMARTS) is 1. The number of halogens is 3. The summed E-state index contributed by atoms with van der Waals surface area (Å²) in [5, 5.41) is 16.6. The molecule has 0 aliphatic carbocycles. The SMILES string of the molecule is Cc1c(C(=O)N[C@H](C)c2ccc(C(=O)O)cc2)n[nH]c1C(F)(F)F. The molecule has 0 aliphatic rings. The van der Waals surface area contributed by atoms with Crippen molar-refractivity contribution < 1.29 is 27.9 Å². The van der Waals surface area contributed by atoms with Crippen molar-refractivity contribution in [1.82, 2.24) is 15.5 Å². The Balaban J connectivity index is 2.14. The highest BCUT2D eigenvalue weighted by Crippen LogP contribution is 2.31. The maximum atomic E-state index is 12.7. The minimum Gasteiger partial charge on any atom is -0.478 e. The number of carbonyl (C=O) groups is 2. The first-order chi connectivity index (χ1) is 11.1. The molecular formula is C15H14F3N3O3. The summed E-state index contributed by atoms with van der Waals surface area (Å²) in [6.45, 7) is 2.79. The molecule has 9 heteroatoms. The van der Waals surface area contributed by atoms with Gasteiger partial charge in [0, 0.05) is 5.56 Å². The van der Waals surface area contributed by atoms with E-state index in [1.807, 2.05) is 5.10 Å². The molecule has 24 heavy (non-hydrogen) atoms. The Morgan fingerprint density at radius 1 is 1.25 bits per heavy atom. The number of alkyl halides is 3. The van der Waals surface area contributed by atoms with Crippen molar-refractivity contribution in [2.24, 2.45) is 0 Å². The monoisotopic (exact) mass is 341 g/mol. The molecule has 0 bridgehead atoms. The topological polar surface area (TPSA) is 95.1 Å². The summed E-state index contributed by atoms with van der Waals surface area (Å²) in [7, 11) is 0. The van der Waals surface area contributed by atoms with E-state index in [1.165, 1.54) is 24.3 Å². The van der Waals surface area contributed by atoms with Crippen LogP contribution in [0.5, 0.6) is 0 Å². The van der Waals surface area contributed by atoms with Crippen LogP contribution in [0.15, 0.2) is 24.3 Å². The number of aromatic carboxylic acids is 1. The molecule has 0 spiro atoms. The molecule has 1 heterocycles. The van der Waals surface area contributed by atoms with Crippen molar-refractivity contribution in [3.8, 4) is 0 Å². The molecule has 128 valence electrons. The Hall–Kier alpha value is -2.84. The largest absolute Gasteiger partial charge is 0.478 e. The fourth-order valence-corrected chi connectivity index (χ4v) is 2.16. The molecule has 3 N–H and O–H groups in total. The minimum atomic E-state index is -4.62. The molecule has 2 rings (SSSR count). The van der Waals surface area contributed by atoms with Gasteiger partial charge >= 0.3 is 12.1 Å². The highest BCUT2D eigenvalue weighted by atomic mass is 19.4. The lowest BCUT2D eigenvalue weighted by atomic mass is 10.1. The second kappa shape index (κ2) is 6.34. The van der Waals surface area contributed by atoms with E-state index in [1.54, 1.807) is 6.92 Å². The highest BCUT2D eigenvalue weighted by Gasteiger charge is 2.37. The molecule has 0 unspecified atom stereocenters. The maximum Gasteiger partial charge on any atom is 0.433 e. The van der Waals surface area contributed by atoms with Gasteiger partial charge in [-0.3, -0.25) is 9.89 Å². The summed E-state index contributed by atoms with van der Waals surface area (Å²) in [6.07, 6.45) is -4.62. The zero-order valence-electron chi connectivity index (χ0n) is 12.7. The van der Waals surface area contributed by atoms with Crippen LogP contribution in [0.3, 0.4) is 0 Å². The van der Waals surface area contributed by atoms with Crippen LogP contribution in [-0.2, 0) is 6.18 Å². The van der Waals surface area contributed by atoms with Gasteiger partial charge in [-0.2, -0.15) is 18.3 Å². The van der Waals surface area contributed by atoms with Crippen molar-refractivity contribution in [3.05, 3.63) is 52.3 Å². The van der Waals surface area contributed by atoms with Crippen molar-refractivity contribution >= 4 is 11.9 Å². The zero-order chi connectivity index (χ0) is 18.1. The Kier molecular flexibility index (Phi) is 4.63. The Labute approximate surface area is 134 Å². The summed E-state index contributed by atoms with van der Waals surface area (Å²) in [5.74, 6) is -1.83. The number of rotatable bonds is 4.